The van der Waals surface area contributed by atoms with Crippen molar-refractivity contribution >= 4 is 17.4 Å². The van der Waals surface area contributed by atoms with Crippen molar-refractivity contribution in [2.45, 2.75) is 0 Å². The van der Waals surface area contributed by atoms with E-state index >= 15 is 0 Å². The first-order chi connectivity index (χ1) is 9.75. The monoisotopic (exact) mass is 283 g/mol. The number of hydrogen-bond acceptors (Lipinski definition) is 3. The van der Waals surface area contributed by atoms with E-state index in [1.54, 1.807) is 42.9 Å². The van der Waals surface area contributed by atoms with Gasteiger partial charge in [0.15, 0.2) is 0 Å². The average molecular weight is 284 g/mol. The lowest BCUT2D eigenvalue weighted by Crippen LogP contribution is -2.03. The van der Waals surface area contributed by atoms with Crippen LogP contribution in [0.15, 0.2) is 55.0 Å². The summed E-state index contributed by atoms with van der Waals surface area (Å²) in [7, 11) is 0. The molecule has 2 heterocycles. The molecule has 1 N–H and O–H groups in total. The molecule has 20 heavy (non-hydrogen) atoms. The van der Waals surface area contributed by atoms with Gasteiger partial charge < -0.3 is 0 Å². The molecule has 5 heteroatoms. The van der Waals surface area contributed by atoms with E-state index in [4.69, 9.17) is 11.6 Å². The summed E-state index contributed by atoms with van der Waals surface area (Å²) in [5.74, 6) is -0.144. The molecule has 3 aromatic rings. The summed E-state index contributed by atoms with van der Waals surface area (Å²) in [6, 6.07) is 10.4. The topological polar surface area (TPSA) is 58.6 Å². The number of aromatic amines is 1. The Kier molecular flexibility index (Phi) is 3.31. The van der Waals surface area contributed by atoms with Crippen molar-refractivity contribution in [2.24, 2.45) is 0 Å². The van der Waals surface area contributed by atoms with Crippen molar-refractivity contribution in [3.05, 3.63) is 71.3 Å². The number of H-pyrrole nitrogens is 1. The van der Waals surface area contributed by atoms with E-state index in [1.807, 2.05) is 12.1 Å². The molecule has 1 aromatic carbocycles. The molecule has 3 rings (SSSR count). The summed E-state index contributed by atoms with van der Waals surface area (Å²) in [6.07, 6.45) is 5.07. The number of pyridine rings is 1. The third-order valence-corrected chi connectivity index (χ3v) is 3.21. The van der Waals surface area contributed by atoms with Gasteiger partial charge in [0, 0.05) is 34.7 Å². The number of aromatic nitrogens is 3. The summed E-state index contributed by atoms with van der Waals surface area (Å²) in [5, 5.41) is 7.40. The average Bonchev–Trinajstić information content (AvgIpc) is 2.97. The smallest absolute Gasteiger partial charge is 0.213 e. The Balaban J connectivity index is 2.02. The van der Waals surface area contributed by atoms with E-state index in [2.05, 4.69) is 15.2 Å². The largest absolute Gasteiger partial charge is 0.287 e. The van der Waals surface area contributed by atoms with Crippen LogP contribution in [0.4, 0.5) is 0 Å². The van der Waals surface area contributed by atoms with Crippen LogP contribution >= 0.6 is 11.6 Å². The highest BCUT2D eigenvalue weighted by molar-refractivity contribution is 6.30. The number of benzene rings is 1. The first-order valence-electron chi connectivity index (χ1n) is 6.00. The van der Waals surface area contributed by atoms with Crippen LogP contribution in [0.5, 0.6) is 0 Å². The number of nitrogens with one attached hydrogen (secondary N) is 1. The van der Waals surface area contributed by atoms with Crippen LogP contribution in [0.2, 0.25) is 5.02 Å². The second kappa shape index (κ2) is 5.27. The van der Waals surface area contributed by atoms with E-state index in [0.717, 1.165) is 11.1 Å². The molecule has 0 saturated heterocycles. The van der Waals surface area contributed by atoms with Crippen LogP contribution in [0.3, 0.4) is 0 Å². The normalized spacial score (nSPS) is 10.4. The number of carbonyl (C=O) groups excluding carboxylic acids is 1. The minimum Gasteiger partial charge on any atom is -0.287 e. The van der Waals surface area contributed by atoms with Crippen LogP contribution in [-0.4, -0.2) is 21.0 Å². The molecule has 0 bridgehead atoms. The number of rotatable bonds is 3. The molecule has 0 atom stereocenters. The Hall–Kier alpha value is -2.46. The van der Waals surface area contributed by atoms with E-state index < -0.39 is 0 Å². The third-order valence-electron chi connectivity index (χ3n) is 2.95. The zero-order valence-electron chi connectivity index (χ0n) is 10.4. The first kappa shape index (κ1) is 12.6. The van der Waals surface area contributed by atoms with Crippen molar-refractivity contribution in [3.8, 4) is 11.1 Å². The summed E-state index contributed by atoms with van der Waals surface area (Å²) >= 11 is 5.83. The van der Waals surface area contributed by atoms with Gasteiger partial charge in [0.25, 0.3) is 0 Å². The molecule has 0 aliphatic rings. The van der Waals surface area contributed by atoms with Crippen molar-refractivity contribution in [2.75, 3.05) is 0 Å². The highest BCUT2D eigenvalue weighted by Crippen LogP contribution is 2.23. The molecule has 0 unspecified atom stereocenters. The number of hydrogen-bond donors (Lipinski definition) is 1. The fourth-order valence-corrected chi connectivity index (χ4v) is 2.08. The molecule has 98 valence electrons. The molecule has 4 nitrogen and oxygen atoms in total. The Morgan fingerprint density at radius 2 is 1.75 bits per heavy atom. The molecular weight excluding hydrogens is 274 g/mol. The summed E-state index contributed by atoms with van der Waals surface area (Å²) in [4.78, 5) is 16.4. The second-order valence-corrected chi connectivity index (χ2v) is 4.66. The highest BCUT2D eigenvalue weighted by atomic mass is 35.5. The van der Waals surface area contributed by atoms with Gasteiger partial charge in [-0.25, -0.2) is 0 Å². The summed E-state index contributed by atoms with van der Waals surface area (Å²) < 4.78 is 0. The maximum atomic E-state index is 12.5. The van der Waals surface area contributed by atoms with Crippen LogP contribution in [0.25, 0.3) is 11.1 Å². The van der Waals surface area contributed by atoms with Crippen molar-refractivity contribution in [3.63, 3.8) is 0 Å². The fraction of sp³-hybridized carbons (Fsp3) is 0. The Morgan fingerprint density at radius 1 is 1.05 bits per heavy atom. The van der Waals surface area contributed by atoms with Crippen molar-refractivity contribution in [1.29, 1.82) is 0 Å². The predicted molar refractivity (Wildman–Crippen MR) is 76.7 cm³/mol. The molecular formula is C15H10ClN3O. The first-order valence-corrected chi connectivity index (χ1v) is 6.38. The van der Waals surface area contributed by atoms with Gasteiger partial charge >= 0.3 is 0 Å². The second-order valence-electron chi connectivity index (χ2n) is 4.22. The molecule has 0 aliphatic carbocycles. The number of ketones is 1. The minimum absolute atomic E-state index is 0.144. The lowest BCUT2D eigenvalue weighted by molar-refractivity contribution is 0.103. The summed E-state index contributed by atoms with van der Waals surface area (Å²) in [5.41, 5.74) is 2.59. The molecule has 0 fully saturated rings. The Morgan fingerprint density at radius 3 is 2.45 bits per heavy atom. The standard InChI is InChI=1S/C15H10ClN3O/c16-12-3-1-11(2-4-12)15(20)14-13(9-18-19-14)10-5-7-17-8-6-10/h1-9H,(H,18,19). The Bertz CT molecular complexity index is 735. The van der Waals surface area contributed by atoms with Gasteiger partial charge in [-0.2, -0.15) is 5.10 Å². The third kappa shape index (κ3) is 2.33. The van der Waals surface area contributed by atoms with Crippen molar-refractivity contribution in [1.82, 2.24) is 15.2 Å². The van der Waals surface area contributed by atoms with E-state index in [1.165, 1.54) is 0 Å². The molecule has 0 saturated carbocycles. The quantitative estimate of drug-likeness (QED) is 0.750. The van der Waals surface area contributed by atoms with E-state index in [9.17, 15) is 4.79 Å². The van der Waals surface area contributed by atoms with Gasteiger partial charge in [0.1, 0.15) is 5.69 Å². The van der Waals surface area contributed by atoms with Crippen LogP contribution in [-0.2, 0) is 0 Å². The predicted octanol–water partition coefficient (Wildman–Crippen LogP) is 3.36. The highest BCUT2D eigenvalue weighted by Gasteiger charge is 2.17. The molecule has 0 radical (unpaired) electrons. The number of carbonyl (C=O) groups is 1. The van der Waals surface area contributed by atoms with Crippen molar-refractivity contribution < 1.29 is 4.79 Å². The SMILES string of the molecule is O=C(c1ccc(Cl)cc1)c1n[nH]cc1-c1ccncc1. The van der Waals surface area contributed by atoms with Gasteiger partial charge in [0.2, 0.25) is 5.78 Å². The molecule has 0 spiro atoms. The lowest BCUT2D eigenvalue weighted by atomic mass is 10.0. The van der Waals surface area contributed by atoms with E-state index in [-0.39, 0.29) is 5.78 Å². The maximum absolute atomic E-state index is 12.5. The van der Waals surface area contributed by atoms with Gasteiger partial charge in [-0.1, -0.05) is 11.6 Å². The van der Waals surface area contributed by atoms with Gasteiger partial charge in [-0.15, -0.1) is 0 Å². The molecule has 0 aliphatic heterocycles. The number of nitrogens with zero attached hydrogens (tertiary/aromatic N) is 2. The van der Waals surface area contributed by atoms with Gasteiger partial charge in [-0.3, -0.25) is 14.9 Å². The molecule has 2 aromatic heterocycles. The van der Waals surface area contributed by atoms with E-state index in [0.29, 0.717) is 16.3 Å². The minimum atomic E-state index is -0.144. The Labute approximate surface area is 120 Å². The van der Waals surface area contributed by atoms with Crippen LogP contribution < -0.4 is 0 Å². The number of halogens is 1. The van der Waals surface area contributed by atoms with Crippen LogP contribution in [0.1, 0.15) is 16.1 Å². The maximum Gasteiger partial charge on any atom is 0.213 e. The lowest BCUT2D eigenvalue weighted by Gasteiger charge is -2.02. The summed E-state index contributed by atoms with van der Waals surface area (Å²) in [6.45, 7) is 0. The zero-order valence-corrected chi connectivity index (χ0v) is 11.1. The van der Waals surface area contributed by atoms with Crippen LogP contribution in [0, 0.1) is 0 Å². The molecule has 0 amide bonds. The fourth-order valence-electron chi connectivity index (χ4n) is 1.95. The van der Waals surface area contributed by atoms with Gasteiger partial charge in [0.05, 0.1) is 0 Å². The zero-order chi connectivity index (χ0) is 13.9. The van der Waals surface area contributed by atoms with Gasteiger partial charge in [-0.05, 0) is 42.0 Å².